The van der Waals surface area contributed by atoms with E-state index in [2.05, 4.69) is 15.6 Å². The second kappa shape index (κ2) is 9.62. The summed E-state index contributed by atoms with van der Waals surface area (Å²) in [5.74, 6) is -0.707. The number of benzene rings is 1. The Balaban J connectivity index is 0.00000272. The van der Waals surface area contributed by atoms with Crippen LogP contribution in [0, 0.1) is 5.82 Å². The number of ether oxygens (including phenoxy) is 1. The lowest BCUT2D eigenvalue weighted by Gasteiger charge is -2.32. The Hall–Kier alpha value is -2.04. The van der Waals surface area contributed by atoms with Crippen molar-refractivity contribution in [1.29, 1.82) is 0 Å². The number of nitrogens with zero attached hydrogens (tertiary/aromatic N) is 4. The molecule has 3 heterocycles. The number of hydrogen-bond acceptors (Lipinski definition) is 5. The minimum absolute atomic E-state index is 0. The van der Waals surface area contributed by atoms with Gasteiger partial charge in [-0.25, -0.2) is 17.9 Å². The number of alkyl halides is 2. The van der Waals surface area contributed by atoms with Crippen molar-refractivity contribution in [3.05, 3.63) is 39.4 Å². The lowest BCUT2D eigenvalue weighted by molar-refractivity contribution is -0.128. The quantitative estimate of drug-likeness (QED) is 0.687. The van der Waals surface area contributed by atoms with Gasteiger partial charge in [-0.15, -0.1) is 17.5 Å². The molecule has 1 amide bonds. The summed E-state index contributed by atoms with van der Waals surface area (Å²) in [6.07, 6.45) is -0.948. The molecule has 0 bridgehead atoms. The van der Waals surface area contributed by atoms with E-state index >= 15 is 0 Å². The molecule has 7 nitrogen and oxygen atoms in total. The predicted molar refractivity (Wildman–Crippen MR) is 109 cm³/mol. The van der Waals surface area contributed by atoms with Crippen LogP contribution in [0.4, 0.5) is 13.2 Å². The summed E-state index contributed by atoms with van der Waals surface area (Å²) >= 11 is 6.29. The number of carbonyl (C=O) groups excluding carboxylic acids is 1. The van der Waals surface area contributed by atoms with Crippen molar-refractivity contribution < 1.29 is 22.7 Å². The van der Waals surface area contributed by atoms with Crippen molar-refractivity contribution in [1.82, 2.24) is 25.2 Å². The Morgan fingerprint density at radius 3 is 2.84 bits per heavy atom. The molecule has 1 aromatic carbocycles. The molecule has 1 saturated heterocycles. The molecule has 0 unspecified atom stereocenters. The third-order valence-electron chi connectivity index (χ3n) is 5.52. The minimum atomic E-state index is -2.79. The number of nitrogens with one attached hydrogen (secondary N) is 1. The van der Waals surface area contributed by atoms with Gasteiger partial charge in [-0.3, -0.25) is 4.79 Å². The van der Waals surface area contributed by atoms with E-state index in [4.69, 9.17) is 16.3 Å². The van der Waals surface area contributed by atoms with Crippen LogP contribution in [-0.2, 0) is 24.9 Å². The standard InChI is InChI=1S/C19H21ClF3N5O2.ClH/c1-27-17(19(22)23)14(25-26-27)9-30-18-12(21)7-11(20)10-4-5-24-13(16(10)18)8-28-6-2-3-15(28)29;/h7,13,19,24H,2-6,8-9H2,1H3;1H/t13-;/m1./s1. The summed E-state index contributed by atoms with van der Waals surface area (Å²) in [5.41, 5.74) is 0.811. The first-order chi connectivity index (χ1) is 14.4. The minimum Gasteiger partial charge on any atom is -0.484 e. The van der Waals surface area contributed by atoms with Crippen molar-refractivity contribution in [2.75, 3.05) is 19.6 Å². The van der Waals surface area contributed by atoms with Crippen LogP contribution in [-0.4, -0.2) is 45.4 Å². The number of aromatic nitrogens is 3. The molecule has 0 saturated carbocycles. The van der Waals surface area contributed by atoms with Crippen LogP contribution in [0.25, 0.3) is 0 Å². The monoisotopic (exact) mass is 479 g/mol. The first-order valence-corrected chi connectivity index (χ1v) is 10.1. The van der Waals surface area contributed by atoms with E-state index < -0.39 is 12.2 Å². The van der Waals surface area contributed by atoms with Crippen molar-refractivity contribution in [2.45, 2.75) is 38.3 Å². The molecule has 1 aromatic heterocycles. The number of hydrogen-bond donors (Lipinski definition) is 1. The molecule has 1 atom stereocenters. The average molecular weight is 480 g/mol. The van der Waals surface area contributed by atoms with Crippen molar-refractivity contribution >= 4 is 29.9 Å². The van der Waals surface area contributed by atoms with Crippen molar-refractivity contribution in [3.8, 4) is 5.75 Å². The number of fused-ring (bicyclic) bond motifs is 1. The van der Waals surface area contributed by atoms with Gasteiger partial charge in [-0.05, 0) is 31.0 Å². The zero-order valence-electron chi connectivity index (χ0n) is 16.7. The molecule has 2 aliphatic heterocycles. The van der Waals surface area contributed by atoms with Gasteiger partial charge in [0.1, 0.15) is 18.0 Å². The zero-order valence-corrected chi connectivity index (χ0v) is 18.3. The van der Waals surface area contributed by atoms with Crippen LogP contribution >= 0.6 is 24.0 Å². The fourth-order valence-electron chi connectivity index (χ4n) is 4.09. The van der Waals surface area contributed by atoms with Crippen molar-refractivity contribution in [3.63, 3.8) is 0 Å². The summed E-state index contributed by atoms with van der Waals surface area (Å²) in [5, 5.41) is 10.9. The fraction of sp³-hybridized carbons (Fsp3) is 0.526. The molecule has 2 aromatic rings. The third-order valence-corrected chi connectivity index (χ3v) is 5.86. The number of rotatable bonds is 6. The molecule has 1 N–H and O–H groups in total. The molecule has 170 valence electrons. The van der Waals surface area contributed by atoms with Gasteiger partial charge in [0.15, 0.2) is 11.6 Å². The lowest BCUT2D eigenvalue weighted by Crippen LogP contribution is -2.40. The van der Waals surface area contributed by atoms with Crippen LogP contribution in [0.3, 0.4) is 0 Å². The predicted octanol–water partition coefficient (Wildman–Crippen LogP) is 3.36. The first kappa shape index (κ1) is 23.6. The van der Waals surface area contributed by atoms with Crippen LogP contribution in [0.15, 0.2) is 6.07 Å². The third kappa shape index (κ3) is 4.61. The van der Waals surface area contributed by atoms with E-state index in [1.54, 1.807) is 4.90 Å². The van der Waals surface area contributed by atoms with E-state index in [1.165, 1.54) is 13.1 Å². The smallest absolute Gasteiger partial charge is 0.282 e. The van der Waals surface area contributed by atoms with Gasteiger partial charge < -0.3 is 15.0 Å². The Kier molecular flexibility index (Phi) is 7.33. The molecule has 31 heavy (non-hydrogen) atoms. The van der Waals surface area contributed by atoms with Crippen molar-refractivity contribution in [2.24, 2.45) is 7.05 Å². The Morgan fingerprint density at radius 2 is 2.16 bits per heavy atom. The van der Waals surface area contributed by atoms with Gasteiger partial charge in [-0.1, -0.05) is 16.8 Å². The normalized spacial score (nSPS) is 18.3. The maximum Gasteiger partial charge on any atom is 0.282 e. The largest absolute Gasteiger partial charge is 0.484 e. The first-order valence-electron chi connectivity index (χ1n) is 9.68. The summed E-state index contributed by atoms with van der Waals surface area (Å²) < 4.78 is 48.1. The molecule has 12 heteroatoms. The van der Waals surface area contributed by atoms with Gasteiger partial charge in [0.05, 0.1) is 6.04 Å². The van der Waals surface area contributed by atoms with Crippen LogP contribution in [0.1, 0.15) is 47.8 Å². The van der Waals surface area contributed by atoms with Gasteiger partial charge in [0.2, 0.25) is 5.91 Å². The molecule has 0 radical (unpaired) electrons. The molecule has 2 aliphatic rings. The lowest BCUT2D eigenvalue weighted by atomic mass is 9.92. The Labute approximate surface area is 188 Å². The second-order valence-electron chi connectivity index (χ2n) is 7.40. The molecule has 4 rings (SSSR count). The maximum absolute atomic E-state index is 14.9. The topological polar surface area (TPSA) is 72.3 Å². The van der Waals surface area contributed by atoms with E-state index in [1.807, 2.05) is 0 Å². The molecular formula is C19H22Cl2F3N5O2. The zero-order chi connectivity index (χ0) is 21.4. The summed E-state index contributed by atoms with van der Waals surface area (Å²) in [7, 11) is 1.36. The van der Waals surface area contributed by atoms with Gasteiger partial charge in [0.25, 0.3) is 6.43 Å². The number of halogens is 5. The fourth-order valence-corrected chi connectivity index (χ4v) is 4.38. The van der Waals surface area contributed by atoms with Crippen LogP contribution < -0.4 is 10.1 Å². The molecule has 0 aliphatic carbocycles. The SMILES string of the molecule is Cl.Cn1nnc(COc2c(F)cc(Cl)c3c2[C@@H](CN2CCCC2=O)NCC3)c1C(F)F. The van der Waals surface area contributed by atoms with Crippen LogP contribution in [0.5, 0.6) is 5.75 Å². The second-order valence-corrected chi connectivity index (χ2v) is 7.80. The number of aryl methyl sites for hydroxylation is 1. The molecular weight excluding hydrogens is 458 g/mol. The van der Waals surface area contributed by atoms with Gasteiger partial charge in [-0.2, -0.15) is 0 Å². The van der Waals surface area contributed by atoms with Gasteiger partial charge >= 0.3 is 0 Å². The van der Waals surface area contributed by atoms with E-state index in [0.717, 1.165) is 16.7 Å². The van der Waals surface area contributed by atoms with E-state index in [0.29, 0.717) is 38.0 Å². The molecule has 0 spiro atoms. The highest BCUT2D eigenvalue weighted by Crippen LogP contribution is 2.39. The maximum atomic E-state index is 14.9. The number of amides is 1. The van der Waals surface area contributed by atoms with Gasteiger partial charge in [0, 0.05) is 37.1 Å². The molecule has 1 fully saturated rings. The van der Waals surface area contributed by atoms with E-state index in [9.17, 15) is 18.0 Å². The Morgan fingerprint density at radius 1 is 1.39 bits per heavy atom. The highest BCUT2D eigenvalue weighted by Gasteiger charge is 2.32. The summed E-state index contributed by atoms with van der Waals surface area (Å²) in [4.78, 5) is 13.8. The highest BCUT2D eigenvalue weighted by molar-refractivity contribution is 6.31. The summed E-state index contributed by atoms with van der Waals surface area (Å²) in [6, 6.07) is 0.791. The van der Waals surface area contributed by atoms with Crippen LogP contribution in [0.2, 0.25) is 5.02 Å². The summed E-state index contributed by atoms with van der Waals surface area (Å²) in [6.45, 7) is 1.25. The number of carbonyl (C=O) groups is 1. The number of likely N-dealkylation sites (tertiary alicyclic amines) is 1. The highest BCUT2D eigenvalue weighted by atomic mass is 35.5. The average Bonchev–Trinajstić information content (AvgIpc) is 3.27. The Bertz CT molecular complexity index is 973. The van der Waals surface area contributed by atoms with E-state index in [-0.39, 0.29) is 53.1 Å².